The minimum Gasteiger partial charge on any atom is -0.378 e. The summed E-state index contributed by atoms with van der Waals surface area (Å²) in [6, 6.07) is 6.30. The number of benzene rings is 1. The van der Waals surface area contributed by atoms with Crippen molar-refractivity contribution >= 4 is 11.4 Å². The molecule has 1 aromatic carbocycles. The lowest BCUT2D eigenvalue weighted by Gasteiger charge is -2.28. The molecule has 0 spiro atoms. The van der Waals surface area contributed by atoms with Crippen LogP contribution in [0.3, 0.4) is 0 Å². The summed E-state index contributed by atoms with van der Waals surface area (Å²) < 4.78 is 6.00. The lowest BCUT2D eigenvalue weighted by Crippen LogP contribution is -2.38. The van der Waals surface area contributed by atoms with E-state index in [1.807, 2.05) is 33.8 Å². The highest BCUT2D eigenvalue weighted by Crippen LogP contribution is 2.39. The predicted molar refractivity (Wildman–Crippen MR) is 79.1 cm³/mol. The van der Waals surface area contributed by atoms with Crippen LogP contribution in [0.15, 0.2) is 18.2 Å². The van der Waals surface area contributed by atoms with Gasteiger partial charge >= 0.3 is 0 Å². The van der Waals surface area contributed by atoms with Crippen molar-refractivity contribution in [2.24, 2.45) is 0 Å². The smallest absolute Gasteiger partial charge is 0.270 e. The zero-order valence-corrected chi connectivity index (χ0v) is 12.6. The first-order valence-electron chi connectivity index (χ1n) is 6.80. The van der Waals surface area contributed by atoms with E-state index in [1.165, 1.54) is 12.1 Å². The molecular weight excluding hydrogens is 270 g/mol. The quantitative estimate of drug-likeness (QED) is 0.681. The standard InChI is InChI=1S/C15H19N3O3/c1-14(2)8-13(15(3,4)21-14)17-12-6-5-11(18(19)20)7-10(12)9-16/h5-7,13,17H,8H2,1-4H3. The number of ether oxygens (including phenoxy) is 1. The van der Waals surface area contributed by atoms with Crippen molar-refractivity contribution < 1.29 is 9.66 Å². The molecule has 1 heterocycles. The molecule has 0 aliphatic carbocycles. The van der Waals surface area contributed by atoms with E-state index in [9.17, 15) is 15.4 Å². The molecule has 6 heteroatoms. The van der Waals surface area contributed by atoms with Gasteiger partial charge in [-0.2, -0.15) is 5.26 Å². The molecule has 1 aromatic rings. The van der Waals surface area contributed by atoms with Crippen LogP contribution in [-0.2, 0) is 4.74 Å². The second-order valence-corrected chi connectivity index (χ2v) is 6.47. The molecule has 2 rings (SSSR count). The lowest BCUT2D eigenvalue weighted by molar-refractivity contribution is -0.384. The molecule has 6 nitrogen and oxygen atoms in total. The Bertz CT molecular complexity index is 617. The number of non-ortho nitro benzene ring substituents is 1. The van der Waals surface area contributed by atoms with Crippen LogP contribution in [-0.4, -0.2) is 22.2 Å². The van der Waals surface area contributed by atoms with Crippen molar-refractivity contribution in [3.63, 3.8) is 0 Å². The molecular formula is C15H19N3O3. The normalized spacial score (nSPS) is 22.5. The Morgan fingerprint density at radius 2 is 2.10 bits per heavy atom. The van der Waals surface area contributed by atoms with E-state index < -0.39 is 4.92 Å². The Morgan fingerprint density at radius 1 is 1.43 bits per heavy atom. The van der Waals surface area contributed by atoms with Crippen LogP contribution in [0.4, 0.5) is 11.4 Å². The van der Waals surface area contributed by atoms with Gasteiger partial charge in [0.2, 0.25) is 0 Å². The maximum absolute atomic E-state index is 10.8. The van der Waals surface area contributed by atoms with E-state index in [-0.39, 0.29) is 28.5 Å². The number of nitro groups is 1. The number of hydrogen-bond acceptors (Lipinski definition) is 5. The Balaban J connectivity index is 2.28. The number of rotatable bonds is 3. The fourth-order valence-corrected chi connectivity index (χ4v) is 2.84. The first kappa shape index (κ1) is 15.3. The summed E-state index contributed by atoms with van der Waals surface area (Å²) in [5.41, 5.74) is 0.166. The molecule has 0 saturated carbocycles. The summed E-state index contributed by atoms with van der Waals surface area (Å²) in [5.74, 6) is 0. The van der Waals surface area contributed by atoms with Crippen LogP contribution >= 0.6 is 0 Å². The SMILES string of the molecule is CC1(C)CC(Nc2ccc([N+](=O)[O-])cc2C#N)C(C)(C)O1. The van der Waals surface area contributed by atoms with Crippen molar-refractivity contribution in [1.29, 1.82) is 5.26 Å². The highest BCUT2D eigenvalue weighted by atomic mass is 16.6. The maximum atomic E-state index is 10.8. The average Bonchev–Trinajstić information content (AvgIpc) is 2.57. The van der Waals surface area contributed by atoms with Crippen LogP contribution < -0.4 is 5.32 Å². The van der Waals surface area contributed by atoms with Gasteiger partial charge in [0.1, 0.15) is 6.07 Å². The van der Waals surface area contributed by atoms with Gasteiger partial charge in [0.05, 0.1) is 33.4 Å². The zero-order valence-electron chi connectivity index (χ0n) is 12.6. The monoisotopic (exact) mass is 289 g/mol. The van der Waals surface area contributed by atoms with Gasteiger partial charge in [-0.15, -0.1) is 0 Å². The molecule has 1 saturated heterocycles. The second-order valence-electron chi connectivity index (χ2n) is 6.47. The fourth-order valence-electron chi connectivity index (χ4n) is 2.84. The first-order chi connectivity index (χ1) is 9.64. The van der Waals surface area contributed by atoms with Crippen molar-refractivity contribution in [1.82, 2.24) is 0 Å². The van der Waals surface area contributed by atoms with Crippen molar-refractivity contribution in [3.05, 3.63) is 33.9 Å². The summed E-state index contributed by atoms with van der Waals surface area (Å²) in [5, 5.41) is 23.3. The maximum Gasteiger partial charge on any atom is 0.270 e. The van der Waals surface area contributed by atoms with E-state index in [0.29, 0.717) is 5.69 Å². The van der Waals surface area contributed by atoms with Crippen LogP contribution in [0.2, 0.25) is 0 Å². The average molecular weight is 289 g/mol. The van der Waals surface area contributed by atoms with Crippen LogP contribution in [0.5, 0.6) is 0 Å². The van der Waals surface area contributed by atoms with Gasteiger partial charge < -0.3 is 10.1 Å². The van der Waals surface area contributed by atoms with Crippen LogP contribution in [0.1, 0.15) is 39.7 Å². The van der Waals surface area contributed by atoms with Gasteiger partial charge in [0.15, 0.2) is 0 Å². The van der Waals surface area contributed by atoms with Crippen molar-refractivity contribution in [2.75, 3.05) is 5.32 Å². The summed E-state index contributed by atoms with van der Waals surface area (Å²) in [6.45, 7) is 8.04. The molecule has 112 valence electrons. The summed E-state index contributed by atoms with van der Waals surface area (Å²) in [4.78, 5) is 10.3. The number of anilines is 1. The zero-order chi connectivity index (χ0) is 15.8. The third kappa shape index (κ3) is 3.14. The van der Waals surface area contributed by atoms with Crippen molar-refractivity contribution in [2.45, 2.75) is 51.4 Å². The van der Waals surface area contributed by atoms with Gasteiger partial charge in [-0.3, -0.25) is 10.1 Å². The minimum atomic E-state index is -0.504. The van der Waals surface area contributed by atoms with E-state index >= 15 is 0 Å². The highest BCUT2D eigenvalue weighted by Gasteiger charge is 2.46. The summed E-state index contributed by atoms with van der Waals surface area (Å²) >= 11 is 0. The molecule has 0 amide bonds. The molecule has 0 bridgehead atoms. The Hall–Kier alpha value is -2.13. The first-order valence-corrected chi connectivity index (χ1v) is 6.80. The molecule has 1 unspecified atom stereocenters. The second kappa shape index (κ2) is 5.01. The number of hydrogen-bond donors (Lipinski definition) is 1. The Morgan fingerprint density at radius 3 is 2.57 bits per heavy atom. The molecule has 1 fully saturated rings. The highest BCUT2D eigenvalue weighted by molar-refractivity contribution is 5.62. The Kier molecular flexibility index (Phi) is 3.64. The molecule has 0 radical (unpaired) electrons. The predicted octanol–water partition coefficient (Wildman–Crippen LogP) is 3.22. The van der Waals surface area contributed by atoms with E-state index in [0.717, 1.165) is 6.42 Å². The van der Waals surface area contributed by atoms with Crippen LogP contribution in [0, 0.1) is 21.4 Å². The summed E-state index contributed by atoms with van der Waals surface area (Å²) in [7, 11) is 0. The minimum absolute atomic E-state index is 0.0288. The third-order valence-electron chi connectivity index (χ3n) is 3.74. The van der Waals surface area contributed by atoms with Crippen LogP contribution in [0.25, 0.3) is 0 Å². The fraction of sp³-hybridized carbons (Fsp3) is 0.533. The molecule has 1 atom stereocenters. The van der Waals surface area contributed by atoms with E-state index in [1.54, 1.807) is 6.07 Å². The largest absolute Gasteiger partial charge is 0.378 e. The molecule has 1 N–H and O–H groups in total. The lowest BCUT2D eigenvalue weighted by atomic mass is 9.94. The number of nitrogens with zero attached hydrogens (tertiary/aromatic N) is 2. The van der Waals surface area contributed by atoms with Gasteiger partial charge in [-0.25, -0.2) is 0 Å². The number of nitro benzene ring substituents is 1. The summed E-state index contributed by atoms with van der Waals surface area (Å²) in [6.07, 6.45) is 0.794. The Labute approximate surface area is 123 Å². The van der Waals surface area contributed by atoms with Gasteiger partial charge in [0, 0.05) is 12.1 Å². The van der Waals surface area contributed by atoms with Gasteiger partial charge in [0.25, 0.3) is 5.69 Å². The topological polar surface area (TPSA) is 88.2 Å². The van der Waals surface area contributed by atoms with Gasteiger partial charge in [-0.05, 0) is 40.2 Å². The van der Waals surface area contributed by atoms with E-state index in [4.69, 9.17) is 4.74 Å². The number of nitrogens with one attached hydrogen (secondary N) is 1. The van der Waals surface area contributed by atoms with E-state index in [2.05, 4.69) is 5.32 Å². The molecule has 0 aromatic heterocycles. The van der Waals surface area contributed by atoms with Gasteiger partial charge in [-0.1, -0.05) is 0 Å². The molecule has 21 heavy (non-hydrogen) atoms. The molecule has 1 aliphatic rings. The van der Waals surface area contributed by atoms with Crippen molar-refractivity contribution in [3.8, 4) is 6.07 Å². The number of nitriles is 1. The third-order valence-corrected chi connectivity index (χ3v) is 3.74. The molecule has 1 aliphatic heterocycles.